The summed E-state index contributed by atoms with van der Waals surface area (Å²) in [5.74, 6) is -1.16. The smallest absolute Gasteiger partial charge is 0.301 e. The average Bonchev–Trinajstić information content (AvgIpc) is 3.33. The third kappa shape index (κ3) is 5.22. The Morgan fingerprint density at radius 3 is 2.77 bits per heavy atom. The first-order valence-corrected chi connectivity index (χ1v) is 14.5. The highest BCUT2D eigenvalue weighted by atomic mass is 32.2. The van der Waals surface area contributed by atoms with E-state index in [9.17, 15) is 22.9 Å². The maximum atomic E-state index is 14.8. The van der Waals surface area contributed by atoms with E-state index in [2.05, 4.69) is 15.0 Å². The van der Waals surface area contributed by atoms with Gasteiger partial charge in [0.2, 0.25) is 0 Å². The Morgan fingerprint density at radius 2 is 2.05 bits per heavy atom. The van der Waals surface area contributed by atoms with Crippen molar-refractivity contribution in [2.75, 3.05) is 31.4 Å². The van der Waals surface area contributed by atoms with E-state index in [0.717, 1.165) is 55.6 Å². The number of piperidine rings is 1. The first-order valence-electron chi connectivity index (χ1n) is 13.0. The van der Waals surface area contributed by atoms with Crippen molar-refractivity contribution < 1.29 is 17.5 Å². The largest absolute Gasteiger partial charge is 0.453 e. The van der Waals surface area contributed by atoms with Gasteiger partial charge < -0.3 is 10.1 Å². The van der Waals surface area contributed by atoms with E-state index in [0.29, 0.717) is 10.9 Å². The fraction of sp³-hybridized carbons (Fsp3) is 0.444. The molecule has 0 amide bonds. The predicted molar refractivity (Wildman–Crippen MR) is 145 cm³/mol. The molecule has 2 aliphatic rings. The minimum absolute atomic E-state index is 0.0608. The lowest BCUT2D eigenvalue weighted by molar-refractivity contribution is 0.201. The first kappa shape index (κ1) is 27.1. The Morgan fingerprint density at radius 1 is 1.28 bits per heavy atom. The van der Waals surface area contributed by atoms with Crippen molar-refractivity contribution in [2.45, 2.75) is 45.1 Å². The van der Waals surface area contributed by atoms with E-state index in [1.165, 1.54) is 25.2 Å². The summed E-state index contributed by atoms with van der Waals surface area (Å²) in [7, 11) is -2.58. The molecule has 206 valence electrons. The van der Waals surface area contributed by atoms with E-state index < -0.39 is 21.8 Å². The zero-order valence-corrected chi connectivity index (χ0v) is 22.7. The van der Waals surface area contributed by atoms with Crippen LogP contribution in [0.4, 0.5) is 10.1 Å². The number of hydrogen-bond acceptors (Lipinski definition) is 7. The van der Waals surface area contributed by atoms with Crippen molar-refractivity contribution in [3.63, 3.8) is 0 Å². The SMILES string of the molecule is CCN(C)S(=O)(=O)Nc1ccc(F)c(Oc2ccc3ncn([C@@H]4CCC5(CCNCC5)C4)c(=O)c3c2)c1C#N. The standard InChI is InChI=1S/C27H31FN6O4S/c1-3-33(2)39(36,37)32-24-7-5-22(28)25(21(24)16-29)38-19-4-6-23-20(14-19)26(35)34(17-31-23)18-8-9-27(15-18)10-12-30-13-11-27/h4-7,14,17-18,30,32H,3,8-13,15H2,1-2H3/t18-/m1/s1. The first-order chi connectivity index (χ1) is 18.7. The highest BCUT2D eigenvalue weighted by Gasteiger charge is 2.40. The molecule has 10 nitrogen and oxygen atoms in total. The van der Waals surface area contributed by atoms with Crippen LogP contribution in [-0.2, 0) is 10.2 Å². The second-order valence-corrected chi connectivity index (χ2v) is 12.1. The van der Waals surface area contributed by atoms with Gasteiger partial charge in [0.25, 0.3) is 5.56 Å². The van der Waals surface area contributed by atoms with Gasteiger partial charge in [-0.15, -0.1) is 0 Å². The molecule has 1 aromatic heterocycles. The molecule has 0 radical (unpaired) electrons. The van der Waals surface area contributed by atoms with Crippen LogP contribution < -0.4 is 20.3 Å². The minimum Gasteiger partial charge on any atom is -0.453 e. The van der Waals surface area contributed by atoms with Crippen molar-refractivity contribution in [2.24, 2.45) is 5.41 Å². The molecule has 0 bridgehead atoms. The van der Waals surface area contributed by atoms with Crippen LogP contribution in [0.3, 0.4) is 0 Å². The number of ether oxygens (including phenoxy) is 1. The fourth-order valence-corrected chi connectivity index (χ4v) is 6.57. The molecule has 2 N–H and O–H groups in total. The van der Waals surface area contributed by atoms with Gasteiger partial charge >= 0.3 is 10.2 Å². The Balaban J connectivity index is 1.46. The van der Waals surface area contributed by atoms with Crippen LogP contribution in [0, 0.1) is 22.6 Å². The van der Waals surface area contributed by atoms with Crippen LogP contribution >= 0.6 is 0 Å². The molecule has 12 heteroatoms. The summed E-state index contributed by atoms with van der Waals surface area (Å²) in [6.07, 6.45) is 6.74. The number of nitriles is 1. The molecule has 2 aromatic carbocycles. The second kappa shape index (κ2) is 10.6. The number of fused-ring (bicyclic) bond motifs is 1. The predicted octanol–water partition coefficient (Wildman–Crippen LogP) is 3.90. The molecular weight excluding hydrogens is 523 g/mol. The van der Waals surface area contributed by atoms with Gasteiger partial charge in [0.15, 0.2) is 11.6 Å². The molecule has 5 rings (SSSR count). The van der Waals surface area contributed by atoms with E-state index in [1.54, 1.807) is 23.9 Å². The Kier molecular flexibility index (Phi) is 7.33. The van der Waals surface area contributed by atoms with E-state index in [-0.39, 0.29) is 40.6 Å². The quantitative estimate of drug-likeness (QED) is 0.453. The van der Waals surface area contributed by atoms with E-state index in [4.69, 9.17) is 4.74 Å². The summed E-state index contributed by atoms with van der Waals surface area (Å²) in [5.41, 5.74) is 0.103. The van der Waals surface area contributed by atoms with Crippen LogP contribution in [0.1, 0.15) is 50.6 Å². The normalized spacial score (nSPS) is 18.9. The number of hydrogen-bond donors (Lipinski definition) is 2. The van der Waals surface area contributed by atoms with E-state index >= 15 is 0 Å². The second-order valence-electron chi connectivity index (χ2n) is 10.3. The lowest BCUT2D eigenvalue weighted by atomic mass is 9.77. The summed E-state index contributed by atoms with van der Waals surface area (Å²) in [6.45, 7) is 3.85. The van der Waals surface area contributed by atoms with Crippen LogP contribution in [0.2, 0.25) is 0 Å². The van der Waals surface area contributed by atoms with Crippen molar-refractivity contribution in [3.05, 3.63) is 58.4 Å². The highest BCUT2D eigenvalue weighted by molar-refractivity contribution is 7.90. The van der Waals surface area contributed by atoms with Gasteiger partial charge in [-0.05, 0) is 80.9 Å². The molecule has 1 aliphatic carbocycles. The number of halogens is 1. The molecule has 1 atom stereocenters. The molecule has 2 fully saturated rings. The summed E-state index contributed by atoms with van der Waals surface area (Å²) < 4.78 is 50.7. The van der Waals surface area contributed by atoms with Crippen LogP contribution in [0.25, 0.3) is 10.9 Å². The Bertz CT molecular complexity index is 1610. The summed E-state index contributed by atoms with van der Waals surface area (Å²) in [5, 5.41) is 13.5. The van der Waals surface area contributed by atoms with Gasteiger partial charge in [-0.1, -0.05) is 6.92 Å². The van der Waals surface area contributed by atoms with E-state index in [1.807, 2.05) is 6.07 Å². The minimum atomic E-state index is -3.96. The van der Waals surface area contributed by atoms with Crippen molar-refractivity contribution in [1.29, 1.82) is 5.26 Å². The van der Waals surface area contributed by atoms with Gasteiger partial charge in [0.05, 0.1) is 22.9 Å². The zero-order valence-electron chi connectivity index (χ0n) is 21.9. The molecular formula is C27H31FN6O4S. The number of anilines is 1. The van der Waals surface area contributed by atoms with Gasteiger partial charge in [0.1, 0.15) is 17.4 Å². The zero-order chi connectivity index (χ0) is 27.8. The van der Waals surface area contributed by atoms with Gasteiger partial charge in [0, 0.05) is 19.6 Å². The number of rotatable bonds is 7. The summed E-state index contributed by atoms with van der Waals surface area (Å²) in [6, 6.07) is 8.70. The molecule has 3 aromatic rings. The Hall–Kier alpha value is -3.53. The lowest BCUT2D eigenvalue weighted by Crippen LogP contribution is -2.35. The number of benzene rings is 2. The molecule has 1 saturated carbocycles. The fourth-order valence-electron chi connectivity index (χ4n) is 5.62. The third-order valence-corrected chi connectivity index (χ3v) is 9.58. The molecule has 1 saturated heterocycles. The number of nitrogens with one attached hydrogen (secondary N) is 2. The van der Waals surface area contributed by atoms with Crippen LogP contribution in [-0.4, -0.2) is 49.0 Å². The lowest BCUT2D eigenvalue weighted by Gasteiger charge is -2.34. The van der Waals surface area contributed by atoms with Crippen molar-refractivity contribution in [3.8, 4) is 17.6 Å². The number of nitrogens with zero attached hydrogens (tertiary/aromatic N) is 4. The molecule has 2 heterocycles. The molecule has 1 aliphatic heterocycles. The maximum Gasteiger partial charge on any atom is 0.301 e. The molecule has 0 unspecified atom stereocenters. The maximum absolute atomic E-state index is 14.8. The van der Waals surface area contributed by atoms with Gasteiger partial charge in [-0.2, -0.15) is 18.0 Å². The Labute approximate surface area is 226 Å². The summed E-state index contributed by atoms with van der Waals surface area (Å²) >= 11 is 0. The van der Waals surface area contributed by atoms with Gasteiger partial charge in [-0.3, -0.25) is 14.1 Å². The molecule has 1 spiro atoms. The summed E-state index contributed by atoms with van der Waals surface area (Å²) in [4.78, 5) is 18.0. The third-order valence-electron chi connectivity index (χ3n) is 8.02. The highest BCUT2D eigenvalue weighted by Crippen LogP contribution is 2.49. The topological polar surface area (TPSA) is 129 Å². The van der Waals surface area contributed by atoms with Gasteiger partial charge in [-0.25, -0.2) is 9.37 Å². The average molecular weight is 555 g/mol. The molecule has 39 heavy (non-hydrogen) atoms. The number of aromatic nitrogens is 2. The van der Waals surface area contributed by atoms with Crippen LogP contribution in [0.15, 0.2) is 41.5 Å². The van der Waals surface area contributed by atoms with Crippen LogP contribution in [0.5, 0.6) is 11.5 Å². The van der Waals surface area contributed by atoms with Crippen molar-refractivity contribution >= 4 is 26.8 Å². The monoisotopic (exact) mass is 554 g/mol. The van der Waals surface area contributed by atoms with Crippen molar-refractivity contribution in [1.82, 2.24) is 19.2 Å².